The molecule has 7 heteroatoms. The molecule has 0 radical (unpaired) electrons. The quantitative estimate of drug-likeness (QED) is 0.433. The summed E-state index contributed by atoms with van der Waals surface area (Å²) in [4.78, 5) is 6.30. The fourth-order valence-electron chi connectivity index (χ4n) is 4.78. The van der Waals surface area contributed by atoms with Crippen LogP contribution in [-0.4, -0.2) is 35.0 Å². The van der Waals surface area contributed by atoms with E-state index in [2.05, 4.69) is 90.9 Å². The SMILES string of the molecule is CC(C)n1cc([C@H]2c3[nH]c4ccccc4c3CCN2Cc2ccc3nsnc3c2)cn1. The maximum Gasteiger partial charge on any atom is 0.105 e. The van der Waals surface area contributed by atoms with Crippen molar-refractivity contribution in [3.63, 3.8) is 0 Å². The molecule has 31 heavy (non-hydrogen) atoms. The third kappa shape index (κ3) is 3.16. The number of H-pyrrole nitrogens is 1. The lowest BCUT2D eigenvalue weighted by atomic mass is 9.93. The summed E-state index contributed by atoms with van der Waals surface area (Å²) in [5, 5.41) is 5.99. The number of aromatic amines is 1. The van der Waals surface area contributed by atoms with Crippen LogP contribution in [0.1, 0.15) is 48.3 Å². The lowest BCUT2D eigenvalue weighted by molar-refractivity contribution is 0.202. The van der Waals surface area contributed by atoms with E-state index in [1.807, 2.05) is 6.20 Å². The first-order chi connectivity index (χ1) is 15.2. The Hall–Kier alpha value is -3.03. The molecule has 1 N–H and O–H groups in total. The van der Waals surface area contributed by atoms with Crippen molar-refractivity contribution in [1.82, 2.24) is 28.4 Å². The molecule has 5 aromatic rings. The third-order valence-electron chi connectivity index (χ3n) is 6.30. The topological polar surface area (TPSA) is 62.6 Å². The molecule has 0 amide bonds. The van der Waals surface area contributed by atoms with Crippen molar-refractivity contribution >= 4 is 33.7 Å². The van der Waals surface area contributed by atoms with E-state index in [4.69, 9.17) is 0 Å². The summed E-state index contributed by atoms with van der Waals surface area (Å²) in [5.74, 6) is 0. The average Bonchev–Trinajstić information content (AvgIpc) is 3.51. The molecular formula is C24H24N6S. The van der Waals surface area contributed by atoms with Crippen molar-refractivity contribution in [1.29, 1.82) is 0 Å². The molecule has 2 aromatic carbocycles. The zero-order valence-electron chi connectivity index (χ0n) is 17.6. The minimum Gasteiger partial charge on any atom is -0.357 e. The van der Waals surface area contributed by atoms with E-state index in [1.165, 1.54) is 45.0 Å². The van der Waals surface area contributed by atoms with Crippen LogP contribution < -0.4 is 0 Å². The van der Waals surface area contributed by atoms with Gasteiger partial charge < -0.3 is 4.98 Å². The molecule has 6 nitrogen and oxygen atoms in total. The summed E-state index contributed by atoms with van der Waals surface area (Å²) >= 11 is 1.27. The van der Waals surface area contributed by atoms with Crippen molar-refractivity contribution in [3.05, 3.63) is 77.2 Å². The molecule has 0 saturated carbocycles. The van der Waals surface area contributed by atoms with Crippen LogP contribution in [0.2, 0.25) is 0 Å². The predicted octanol–water partition coefficient (Wildman–Crippen LogP) is 5.10. The molecule has 1 atom stereocenters. The third-order valence-corrected chi connectivity index (χ3v) is 6.86. The lowest BCUT2D eigenvalue weighted by Crippen LogP contribution is -2.35. The first-order valence-electron chi connectivity index (χ1n) is 10.8. The van der Waals surface area contributed by atoms with Gasteiger partial charge in [-0.3, -0.25) is 9.58 Å². The minimum atomic E-state index is 0.146. The van der Waals surface area contributed by atoms with Gasteiger partial charge in [-0.2, -0.15) is 13.8 Å². The smallest absolute Gasteiger partial charge is 0.105 e. The van der Waals surface area contributed by atoms with Crippen molar-refractivity contribution in [3.8, 4) is 0 Å². The van der Waals surface area contributed by atoms with Crippen LogP contribution in [0.3, 0.4) is 0 Å². The van der Waals surface area contributed by atoms with Crippen molar-refractivity contribution in [2.45, 2.75) is 38.9 Å². The molecule has 0 spiro atoms. The number of fused-ring (bicyclic) bond motifs is 4. The minimum absolute atomic E-state index is 0.146. The number of hydrogen-bond acceptors (Lipinski definition) is 5. The highest BCUT2D eigenvalue weighted by atomic mass is 32.1. The van der Waals surface area contributed by atoms with Crippen LogP contribution in [0.5, 0.6) is 0 Å². The average molecular weight is 429 g/mol. The molecule has 6 rings (SSSR count). The van der Waals surface area contributed by atoms with Gasteiger partial charge >= 0.3 is 0 Å². The summed E-state index contributed by atoms with van der Waals surface area (Å²) in [5.41, 5.74) is 8.40. The Bertz CT molecular complexity index is 1380. The largest absolute Gasteiger partial charge is 0.357 e. The number of aromatic nitrogens is 5. The molecule has 1 aliphatic heterocycles. The van der Waals surface area contributed by atoms with E-state index in [0.717, 1.165) is 30.5 Å². The number of rotatable bonds is 4. The summed E-state index contributed by atoms with van der Waals surface area (Å²) < 4.78 is 10.8. The molecule has 4 heterocycles. The molecule has 0 unspecified atom stereocenters. The Morgan fingerprint density at radius 2 is 2.00 bits per heavy atom. The van der Waals surface area contributed by atoms with Gasteiger partial charge in [0.2, 0.25) is 0 Å². The maximum absolute atomic E-state index is 4.65. The van der Waals surface area contributed by atoms with Crippen LogP contribution in [-0.2, 0) is 13.0 Å². The highest BCUT2D eigenvalue weighted by Crippen LogP contribution is 2.39. The summed E-state index contributed by atoms with van der Waals surface area (Å²) in [6.07, 6.45) is 5.27. The van der Waals surface area contributed by atoms with Crippen LogP contribution >= 0.6 is 11.7 Å². The van der Waals surface area contributed by atoms with E-state index in [-0.39, 0.29) is 6.04 Å². The van der Waals surface area contributed by atoms with Gasteiger partial charge in [-0.1, -0.05) is 24.3 Å². The lowest BCUT2D eigenvalue weighted by Gasteiger charge is -2.35. The van der Waals surface area contributed by atoms with Crippen molar-refractivity contribution in [2.75, 3.05) is 6.54 Å². The number of benzene rings is 2. The second kappa shape index (κ2) is 7.28. The number of para-hydroxylation sites is 1. The standard InChI is InChI=1S/C24H24N6S/c1-15(2)30-14-17(12-25-30)24-23-19(18-5-3-4-6-20(18)26-23)9-10-29(24)13-16-7-8-21-22(11-16)28-31-27-21/h3-8,11-12,14-15,24,26H,9-10,13H2,1-2H3/t24-/m0/s1. The fraction of sp³-hybridized carbons (Fsp3) is 0.292. The molecule has 156 valence electrons. The Balaban J connectivity index is 1.44. The fourth-order valence-corrected chi connectivity index (χ4v) is 5.29. The molecule has 3 aromatic heterocycles. The Kier molecular flexibility index (Phi) is 4.40. The van der Waals surface area contributed by atoms with E-state index < -0.39 is 0 Å². The molecule has 1 aliphatic rings. The molecular weight excluding hydrogens is 404 g/mol. The monoisotopic (exact) mass is 428 g/mol. The van der Waals surface area contributed by atoms with Gasteiger partial charge in [-0.15, -0.1) is 0 Å². The molecule has 0 saturated heterocycles. The van der Waals surface area contributed by atoms with Gasteiger partial charge in [0.25, 0.3) is 0 Å². The second-order valence-corrected chi connectivity index (χ2v) is 9.15. The van der Waals surface area contributed by atoms with Crippen molar-refractivity contribution < 1.29 is 0 Å². The Morgan fingerprint density at radius 1 is 1.13 bits per heavy atom. The summed E-state index contributed by atoms with van der Waals surface area (Å²) in [6, 6.07) is 15.6. The van der Waals surface area contributed by atoms with Gasteiger partial charge in [-0.25, -0.2) is 0 Å². The summed E-state index contributed by atoms with van der Waals surface area (Å²) in [6.45, 7) is 6.20. The van der Waals surface area contributed by atoms with Gasteiger partial charge in [0.1, 0.15) is 11.0 Å². The molecule has 0 bridgehead atoms. The predicted molar refractivity (Wildman–Crippen MR) is 124 cm³/mol. The van der Waals surface area contributed by atoms with Gasteiger partial charge in [-0.05, 0) is 49.6 Å². The number of nitrogens with one attached hydrogen (secondary N) is 1. The highest BCUT2D eigenvalue weighted by molar-refractivity contribution is 7.00. The zero-order chi connectivity index (χ0) is 20.9. The number of hydrogen-bond donors (Lipinski definition) is 1. The van der Waals surface area contributed by atoms with Gasteiger partial charge in [0, 0.05) is 47.5 Å². The van der Waals surface area contributed by atoms with E-state index in [9.17, 15) is 0 Å². The normalized spacial score (nSPS) is 17.1. The maximum atomic E-state index is 4.65. The zero-order valence-corrected chi connectivity index (χ0v) is 18.4. The van der Waals surface area contributed by atoms with Crippen molar-refractivity contribution in [2.24, 2.45) is 0 Å². The van der Waals surface area contributed by atoms with Crippen LogP contribution in [0.25, 0.3) is 21.9 Å². The first-order valence-corrected chi connectivity index (χ1v) is 11.5. The Morgan fingerprint density at radius 3 is 2.87 bits per heavy atom. The Labute approximate surface area is 184 Å². The summed E-state index contributed by atoms with van der Waals surface area (Å²) in [7, 11) is 0. The van der Waals surface area contributed by atoms with Gasteiger partial charge in [0.15, 0.2) is 0 Å². The van der Waals surface area contributed by atoms with Crippen LogP contribution in [0.15, 0.2) is 54.9 Å². The first kappa shape index (κ1) is 18.7. The van der Waals surface area contributed by atoms with Crippen LogP contribution in [0, 0.1) is 0 Å². The van der Waals surface area contributed by atoms with Gasteiger partial charge in [0.05, 0.1) is 24.0 Å². The molecule has 0 fully saturated rings. The van der Waals surface area contributed by atoms with E-state index in [0.29, 0.717) is 6.04 Å². The van der Waals surface area contributed by atoms with E-state index >= 15 is 0 Å². The second-order valence-electron chi connectivity index (χ2n) is 8.62. The number of nitrogens with zero attached hydrogens (tertiary/aromatic N) is 5. The van der Waals surface area contributed by atoms with E-state index in [1.54, 1.807) is 0 Å². The highest BCUT2D eigenvalue weighted by Gasteiger charge is 2.32. The van der Waals surface area contributed by atoms with Crippen LogP contribution in [0.4, 0.5) is 0 Å². The molecule has 0 aliphatic carbocycles.